The van der Waals surface area contributed by atoms with Crippen LogP contribution in [0.1, 0.15) is 22.3 Å². The van der Waals surface area contributed by atoms with E-state index < -0.39 is 17.4 Å². The number of aromatic amines is 1. The number of carbonyl (C=O) groups is 3. The number of carbonyl (C=O) groups excluding carboxylic acids is 1. The zero-order chi connectivity index (χ0) is 19.9. The molecule has 28 heavy (non-hydrogen) atoms. The van der Waals surface area contributed by atoms with E-state index in [9.17, 15) is 24.3 Å². The molecule has 0 radical (unpaired) electrons. The van der Waals surface area contributed by atoms with Gasteiger partial charge in [0.15, 0.2) is 0 Å². The number of nitrogens with zero attached hydrogens (tertiary/aromatic N) is 2. The SMILES string of the molecule is O=COc1cc(C(=O)O)c2c3[nH]c(C(=O)O)cc3c(=O)c3ncn1c32.[H-].[Na+].[Na][Na]. The number of nitrogens with one attached hydrogen (secondary N) is 1. The zero-order valence-corrected chi connectivity index (χ0v) is 21.1. The molecule has 0 aliphatic heterocycles. The molecule has 0 unspecified atom stereocenters. The van der Waals surface area contributed by atoms with Gasteiger partial charge in [0.25, 0.3) is 6.47 Å². The molecule has 3 N–H and O–H groups in total. The van der Waals surface area contributed by atoms with Crippen LogP contribution in [0.3, 0.4) is 0 Å². The van der Waals surface area contributed by atoms with Crippen molar-refractivity contribution in [3.63, 3.8) is 0 Å². The van der Waals surface area contributed by atoms with Gasteiger partial charge in [0.1, 0.15) is 17.5 Å². The summed E-state index contributed by atoms with van der Waals surface area (Å²) in [5.41, 5.74) is -0.959. The normalized spacial score (nSPS) is 10.4. The number of rotatable bonds is 4. The van der Waals surface area contributed by atoms with E-state index >= 15 is 0 Å². The molecule has 10 nitrogen and oxygen atoms in total. The van der Waals surface area contributed by atoms with E-state index in [1.54, 1.807) is 0 Å². The number of ether oxygens (including phenoxy) is 1. The molecule has 1 aromatic carbocycles. The van der Waals surface area contributed by atoms with E-state index in [1.165, 1.54) is 54.3 Å². The first-order valence-electron chi connectivity index (χ1n) is 7.83. The molecule has 0 fully saturated rings. The fourth-order valence-corrected chi connectivity index (χ4v) is 2.95. The summed E-state index contributed by atoms with van der Waals surface area (Å²) in [6, 6.07) is 2.24. The molecule has 0 amide bonds. The Bertz CT molecular complexity index is 1290. The Morgan fingerprint density at radius 3 is 2.50 bits per heavy atom. The molecular formula is C15H8N3Na3O7. The summed E-state index contributed by atoms with van der Waals surface area (Å²) < 4.78 is 6.03. The molecule has 0 saturated heterocycles. The topological polar surface area (TPSA) is 151 Å². The van der Waals surface area contributed by atoms with Crippen LogP contribution < -0.4 is 39.7 Å². The fourth-order valence-electron chi connectivity index (χ4n) is 2.95. The second-order valence-electron chi connectivity index (χ2n) is 5.21. The Labute approximate surface area is 207 Å². The summed E-state index contributed by atoms with van der Waals surface area (Å²) in [5.74, 6) is -2.77. The second-order valence-corrected chi connectivity index (χ2v) is 5.21. The Morgan fingerprint density at radius 2 is 1.93 bits per heavy atom. The van der Waals surface area contributed by atoms with Crippen molar-refractivity contribution in [3.8, 4) is 5.88 Å². The van der Waals surface area contributed by atoms with E-state index in [2.05, 4.69) is 9.97 Å². The molecule has 0 aliphatic rings. The first-order valence-corrected chi connectivity index (χ1v) is 15.8. The number of carboxylic acid groups (broad SMARTS) is 2. The van der Waals surface area contributed by atoms with Crippen molar-refractivity contribution in [2.24, 2.45) is 0 Å². The molecule has 0 saturated carbocycles. The maximum atomic E-state index is 12.6. The average molecular weight is 411 g/mol. The van der Waals surface area contributed by atoms with Gasteiger partial charge < -0.3 is 21.4 Å². The van der Waals surface area contributed by atoms with Crippen LogP contribution in [-0.2, 0) is 4.79 Å². The number of fused-ring (bicyclic) bond motifs is 2. The molecule has 0 spiro atoms. The molecule has 13 heteroatoms. The van der Waals surface area contributed by atoms with Gasteiger partial charge >= 0.3 is 85.1 Å². The van der Waals surface area contributed by atoms with Gasteiger partial charge in [0.2, 0.25) is 11.3 Å². The van der Waals surface area contributed by atoms with E-state index in [-0.39, 0.29) is 81.9 Å². The van der Waals surface area contributed by atoms with Crippen molar-refractivity contribution in [3.05, 3.63) is 39.9 Å². The van der Waals surface area contributed by atoms with Crippen molar-refractivity contribution in [1.82, 2.24) is 14.4 Å². The minimum atomic E-state index is -1.34. The Kier molecular flexibility index (Phi) is 7.70. The van der Waals surface area contributed by atoms with Gasteiger partial charge in [-0.15, -0.1) is 0 Å². The van der Waals surface area contributed by atoms with Crippen LogP contribution in [0.25, 0.3) is 27.3 Å². The standard InChI is InChI=1S/C15H7N3O7.3Na.H/c19-4-25-8-2-5(14(21)22)9-10-6(1-7(17-10)15(23)24)13(20)11-12(9)18(8)3-16-11;;;;/h1-4,17H,(H,21,22)(H,23,24);;;;/q;;;+1;-1. The fraction of sp³-hybridized carbons (Fsp3) is 0. The number of hydrogen-bond donors (Lipinski definition) is 3. The van der Waals surface area contributed by atoms with Crippen molar-refractivity contribution >= 4 is 89.4 Å². The predicted octanol–water partition coefficient (Wildman–Crippen LogP) is -2.95. The molecule has 0 atom stereocenters. The van der Waals surface area contributed by atoms with E-state index in [0.29, 0.717) is 0 Å². The molecule has 128 valence electrons. The van der Waals surface area contributed by atoms with Crippen molar-refractivity contribution < 1.29 is 60.3 Å². The Morgan fingerprint density at radius 1 is 1.25 bits per heavy atom. The van der Waals surface area contributed by atoms with Gasteiger partial charge in [-0.2, -0.15) is 0 Å². The number of carboxylic acids is 2. The van der Waals surface area contributed by atoms with Crippen LogP contribution >= 0.6 is 0 Å². The molecule has 0 aliphatic carbocycles. The molecule has 4 aromatic rings. The van der Waals surface area contributed by atoms with Crippen LogP contribution in [0.5, 0.6) is 5.88 Å². The quantitative estimate of drug-likeness (QED) is 0.238. The van der Waals surface area contributed by atoms with Crippen molar-refractivity contribution in [2.45, 2.75) is 0 Å². The number of benzene rings is 1. The number of hydrogen-bond acceptors (Lipinski definition) is 6. The summed E-state index contributed by atoms with van der Waals surface area (Å²) in [6.45, 7) is 0.121. The van der Waals surface area contributed by atoms with E-state index in [1.807, 2.05) is 0 Å². The third-order valence-corrected chi connectivity index (χ3v) is 3.94. The summed E-state index contributed by atoms with van der Waals surface area (Å²) in [5, 5.41) is 18.8. The summed E-state index contributed by atoms with van der Waals surface area (Å²) in [4.78, 5) is 52.7. The number of pyridine rings is 1. The monoisotopic (exact) mass is 411 g/mol. The molecule has 3 aromatic heterocycles. The minimum absolute atomic E-state index is 0. The second kappa shape index (κ2) is 9.24. The van der Waals surface area contributed by atoms with Crippen molar-refractivity contribution in [1.29, 1.82) is 0 Å². The Balaban J connectivity index is 0.00000102. The number of aromatic carboxylic acids is 2. The predicted molar refractivity (Wildman–Crippen MR) is 95.2 cm³/mol. The number of imidazole rings is 1. The van der Waals surface area contributed by atoms with Crippen LogP contribution in [0.15, 0.2) is 23.3 Å². The van der Waals surface area contributed by atoms with Gasteiger partial charge in [-0.1, -0.05) is 0 Å². The zero-order valence-electron chi connectivity index (χ0n) is 16.1. The maximum absolute atomic E-state index is 12.6. The van der Waals surface area contributed by atoms with Crippen LogP contribution in [-0.4, -0.2) is 86.6 Å². The van der Waals surface area contributed by atoms with Crippen LogP contribution in [0, 0.1) is 0 Å². The summed E-state index contributed by atoms with van der Waals surface area (Å²) in [6.07, 6.45) is 1.22. The molecule has 3 heterocycles. The van der Waals surface area contributed by atoms with Crippen LogP contribution in [0.2, 0.25) is 0 Å². The van der Waals surface area contributed by atoms with Gasteiger partial charge in [-0.05, 0) is 6.07 Å². The van der Waals surface area contributed by atoms with Crippen molar-refractivity contribution in [2.75, 3.05) is 0 Å². The van der Waals surface area contributed by atoms with Gasteiger partial charge in [0, 0.05) is 11.5 Å². The van der Waals surface area contributed by atoms with Crippen LogP contribution in [0.4, 0.5) is 0 Å². The number of H-pyrrole nitrogens is 1. The molecular weight excluding hydrogens is 403 g/mol. The summed E-state index contributed by atoms with van der Waals surface area (Å²) >= 11 is 2.89. The van der Waals surface area contributed by atoms with Gasteiger partial charge in [0.05, 0.1) is 22.0 Å². The first kappa shape index (κ1) is 23.3. The third kappa shape index (κ3) is 3.64. The average Bonchev–Trinajstić information content (AvgIpc) is 3.28. The van der Waals surface area contributed by atoms with E-state index in [4.69, 9.17) is 9.84 Å². The molecule has 0 bridgehead atoms. The third-order valence-electron chi connectivity index (χ3n) is 3.94. The van der Waals surface area contributed by atoms with Gasteiger partial charge in [-0.25, -0.2) is 14.6 Å². The van der Waals surface area contributed by atoms with Gasteiger partial charge in [-0.3, -0.25) is 14.0 Å². The van der Waals surface area contributed by atoms with E-state index in [0.717, 1.165) is 12.1 Å². The first-order chi connectivity index (χ1) is 12.9. The Hall–Kier alpha value is -0.950. The number of aromatic nitrogens is 3. The summed E-state index contributed by atoms with van der Waals surface area (Å²) in [7, 11) is 0. The molecule has 4 rings (SSSR count).